The van der Waals surface area contributed by atoms with Crippen molar-refractivity contribution >= 4 is 17.6 Å². The van der Waals surface area contributed by atoms with Crippen molar-refractivity contribution < 1.29 is 19.6 Å². The lowest BCUT2D eigenvalue weighted by molar-refractivity contribution is -0.386. The number of aromatic nitrogens is 2. The van der Waals surface area contributed by atoms with Crippen molar-refractivity contribution in [3.63, 3.8) is 0 Å². The zero-order valence-corrected chi connectivity index (χ0v) is 13.0. The molecule has 0 radical (unpaired) electrons. The number of aliphatic carboxylic acids is 1. The van der Waals surface area contributed by atoms with Crippen LogP contribution in [-0.2, 0) is 16.1 Å². The molecule has 0 saturated carbocycles. The third kappa shape index (κ3) is 3.60. The summed E-state index contributed by atoms with van der Waals surface area (Å²) in [7, 11) is 0. The fourth-order valence-corrected chi connectivity index (χ4v) is 2.04. The van der Waals surface area contributed by atoms with Gasteiger partial charge in [0.15, 0.2) is 0 Å². The fourth-order valence-electron chi connectivity index (χ4n) is 2.04. The maximum Gasteiger partial charge on any atom is 0.329 e. The van der Waals surface area contributed by atoms with Crippen LogP contribution in [0, 0.1) is 24.0 Å². The van der Waals surface area contributed by atoms with E-state index < -0.39 is 22.3 Å². The molecular weight excluding hydrogens is 292 g/mol. The van der Waals surface area contributed by atoms with E-state index in [1.54, 1.807) is 13.8 Å². The van der Waals surface area contributed by atoms with E-state index in [0.29, 0.717) is 5.69 Å². The lowest BCUT2D eigenvalue weighted by atomic mass is 9.99. The van der Waals surface area contributed by atoms with Crippen molar-refractivity contribution in [2.24, 2.45) is 0 Å². The minimum atomic E-state index is -1.32. The summed E-state index contributed by atoms with van der Waals surface area (Å²) < 4.78 is 1.39. The van der Waals surface area contributed by atoms with E-state index in [-0.39, 0.29) is 30.8 Å². The van der Waals surface area contributed by atoms with Crippen molar-refractivity contribution in [2.45, 2.75) is 52.6 Å². The minimum absolute atomic E-state index is 0.0119. The van der Waals surface area contributed by atoms with E-state index in [1.807, 2.05) is 0 Å². The molecule has 0 unspecified atom stereocenters. The minimum Gasteiger partial charge on any atom is -0.480 e. The summed E-state index contributed by atoms with van der Waals surface area (Å²) in [6.07, 6.45) is 0.238. The van der Waals surface area contributed by atoms with Crippen LogP contribution in [0.25, 0.3) is 0 Å². The maximum absolute atomic E-state index is 11.9. The van der Waals surface area contributed by atoms with Crippen LogP contribution in [0.15, 0.2) is 0 Å². The highest BCUT2D eigenvalue weighted by Gasteiger charge is 2.32. The van der Waals surface area contributed by atoms with Crippen LogP contribution in [0.4, 0.5) is 5.69 Å². The molecule has 9 nitrogen and oxygen atoms in total. The maximum atomic E-state index is 11.9. The van der Waals surface area contributed by atoms with Gasteiger partial charge in [0.1, 0.15) is 16.9 Å². The Morgan fingerprint density at radius 3 is 2.45 bits per heavy atom. The monoisotopic (exact) mass is 312 g/mol. The lowest BCUT2D eigenvalue weighted by Gasteiger charge is -2.24. The van der Waals surface area contributed by atoms with Gasteiger partial charge in [0.25, 0.3) is 0 Å². The van der Waals surface area contributed by atoms with Crippen molar-refractivity contribution in [3.05, 3.63) is 21.5 Å². The molecule has 1 atom stereocenters. The second-order valence-corrected chi connectivity index (χ2v) is 5.29. The van der Waals surface area contributed by atoms with E-state index in [1.165, 1.54) is 18.5 Å². The van der Waals surface area contributed by atoms with E-state index >= 15 is 0 Å². The van der Waals surface area contributed by atoms with Gasteiger partial charge >= 0.3 is 11.7 Å². The molecule has 1 amide bonds. The summed E-state index contributed by atoms with van der Waals surface area (Å²) in [6, 6.07) is 0. The molecule has 0 aliphatic heterocycles. The molecule has 122 valence electrons. The Balaban J connectivity index is 2.75. The predicted octanol–water partition coefficient (Wildman–Crippen LogP) is 1.17. The molecule has 0 aromatic carbocycles. The topological polar surface area (TPSA) is 127 Å². The van der Waals surface area contributed by atoms with Crippen LogP contribution in [0.2, 0.25) is 0 Å². The normalized spacial score (nSPS) is 13.5. The number of hydrogen-bond donors (Lipinski definition) is 2. The first-order valence-corrected chi connectivity index (χ1v) is 6.85. The number of carboxylic acids is 1. The zero-order chi connectivity index (χ0) is 17.1. The molecule has 0 saturated heterocycles. The van der Waals surface area contributed by atoms with Gasteiger partial charge in [-0.3, -0.25) is 19.6 Å². The number of carbonyl (C=O) groups excluding carboxylic acids is 1. The van der Waals surface area contributed by atoms with Crippen molar-refractivity contribution in [1.29, 1.82) is 0 Å². The van der Waals surface area contributed by atoms with E-state index in [2.05, 4.69) is 10.4 Å². The van der Waals surface area contributed by atoms with Gasteiger partial charge in [-0.1, -0.05) is 6.92 Å². The molecule has 0 spiro atoms. The molecule has 0 aliphatic rings. The Morgan fingerprint density at radius 2 is 2.05 bits per heavy atom. The smallest absolute Gasteiger partial charge is 0.329 e. The molecular formula is C13H20N4O5. The van der Waals surface area contributed by atoms with Crippen LogP contribution in [0.1, 0.15) is 38.1 Å². The first kappa shape index (κ1) is 17.6. The zero-order valence-electron chi connectivity index (χ0n) is 13.0. The van der Waals surface area contributed by atoms with Gasteiger partial charge in [-0.15, -0.1) is 0 Å². The number of nitro groups is 1. The summed E-state index contributed by atoms with van der Waals surface area (Å²) in [5.41, 5.74) is -0.735. The third-order valence-electron chi connectivity index (χ3n) is 3.67. The molecule has 22 heavy (non-hydrogen) atoms. The second kappa shape index (κ2) is 6.54. The highest BCUT2D eigenvalue weighted by Crippen LogP contribution is 2.21. The van der Waals surface area contributed by atoms with Crippen LogP contribution in [-0.4, -0.2) is 37.2 Å². The number of rotatable bonds is 7. The van der Waals surface area contributed by atoms with Crippen molar-refractivity contribution in [3.8, 4) is 0 Å². The van der Waals surface area contributed by atoms with Crippen molar-refractivity contribution in [2.75, 3.05) is 0 Å². The highest BCUT2D eigenvalue weighted by atomic mass is 16.6. The molecule has 1 heterocycles. The molecule has 1 rings (SSSR count). The lowest BCUT2D eigenvalue weighted by Crippen LogP contribution is -2.51. The Morgan fingerprint density at radius 1 is 1.45 bits per heavy atom. The van der Waals surface area contributed by atoms with E-state index in [0.717, 1.165) is 0 Å². The summed E-state index contributed by atoms with van der Waals surface area (Å²) in [6.45, 7) is 6.33. The highest BCUT2D eigenvalue weighted by molar-refractivity contribution is 5.86. The van der Waals surface area contributed by atoms with Gasteiger partial charge in [0, 0.05) is 6.42 Å². The van der Waals surface area contributed by atoms with E-state index in [4.69, 9.17) is 5.11 Å². The van der Waals surface area contributed by atoms with Gasteiger partial charge in [-0.05, 0) is 27.2 Å². The van der Waals surface area contributed by atoms with Crippen LogP contribution in [0.5, 0.6) is 0 Å². The number of amides is 1. The quantitative estimate of drug-likeness (QED) is 0.574. The van der Waals surface area contributed by atoms with Gasteiger partial charge in [0.2, 0.25) is 5.91 Å². The summed E-state index contributed by atoms with van der Waals surface area (Å²) in [5.74, 6) is -1.55. The van der Waals surface area contributed by atoms with Gasteiger partial charge in [-0.25, -0.2) is 4.79 Å². The Bertz CT molecular complexity index is 610. The average molecular weight is 312 g/mol. The molecule has 2 N–H and O–H groups in total. The van der Waals surface area contributed by atoms with E-state index in [9.17, 15) is 19.7 Å². The standard InChI is InChI=1S/C13H20N4O5/c1-5-13(4,12(19)20)14-10(18)6-7-16-9(3)11(17(21)22)8(2)15-16/h5-7H2,1-4H3,(H,14,18)(H,19,20)/t13-/m1/s1. The van der Waals surface area contributed by atoms with Crippen LogP contribution >= 0.6 is 0 Å². The second-order valence-electron chi connectivity index (χ2n) is 5.29. The number of aryl methyl sites for hydroxylation is 2. The molecule has 9 heteroatoms. The fraction of sp³-hybridized carbons (Fsp3) is 0.615. The van der Waals surface area contributed by atoms with Gasteiger partial charge in [0.05, 0.1) is 11.5 Å². The van der Waals surface area contributed by atoms with Crippen LogP contribution < -0.4 is 5.32 Å². The first-order valence-electron chi connectivity index (χ1n) is 6.85. The van der Waals surface area contributed by atoms with Crippen LogP contribution in [0.3, 0.4) is 0 Å². The molecule has 1 aromatic heterocycles. The summed E-state index contributed by atoms with van der Waals surface area (Å²) >= 11 is 0. The molecule has 0 aliphatic carbocycles. The third-order valence-corrected chi connectivity index (χ3v) is 3.67. The van der Waals surface area contributed by atoms with Crippen molar-refractivity contribution in [1.82, 2.24) is 15.1 Å². The number of hydrogen-bond acceptors (Lipinski definition) is 5. The number of carboxylic acid groups (broad SMARTS) is 1. The first-order chi connectivity index (χ1) is 10.1. The summed E-state index contributed by atoms with van der Waals surface area (Å²) in [4.78, 5) is 33.4. The summed E-state index contributed by atoms with van der Waals surface area (Å²) in [5, 5.41) is 26.5. The van der Waals surface area contributed by atoms with Gasteiger partial charge in [-0.2, -0.15) is 5.10 Å². The Kier molecular flexibility index (Phi) is 5.23. The number of nitrogens with one attached hydrogen (secondary N) is 1. The Labute approximate surface area is 127 Å². The largest absolute Gasteiger partial charge is 0.480 e. The number of nitrogens with zero attached hydrogens (tertiary/aromatic N) is 3. The Hall–Kier alpha value is -2.45. The molecule has 0 bridgehead atoms. The molecule has 1 aromatic rings. The predicted molar refractivity (Wildman–Crippen MR) is 77.4 cm³/mol. The molecule has 0 fully saturated rings. The average Bonchev–Trinajstić information content (AvgIpc) is 2.70. The van der Waals surface area contributed by atoms with Gasteiger partial charge < -0.3 is 10.4 Å². The number of carbonyl (C=O) groups is 2. The SMILES string of the molecule is CC[C@@](C)(NC(=O)CCn1nc(C)c([N+](=O)[O-])c1C)C(=O)O.